The molecule has 1 saturated heterocycles. The molecule has 1 fully saturated rings. The fraction of sp³-hybridized carbons (Fsp3) is 0.200. The van der Waals surface area contributed by atoms with Crippen LogP contribution in [0.3, 0.4) is 0 Å². The second-order valence-corrected chi connectivity index (χ2v) is 8.84. The standard InChI is InChI=1S/C25H22Cl2FN5/c26-21-6-5-19(14-22(21)27)32-23-13-17(7-12-30-23)25-24(16-1-3-18(28)4-2-16)31-15-33(25)20-8-10-29-11-9-20/h1-7,12-15,20,29H,8-11H2,(H,30,32). The van der Waals surface area contributed by atoms with Gasteiger partial charge in [-0.25, -0.2) is 14.4 Å². The van der Waals surface area contributed by atoms with Crippen molar-refractivity contribution in [1.82, 2.24) is 19.9 Å². The van der Waals surface area contributed by atoms with Gasteiger partial charge in [-0.3, -0.25) is 0 Å². The molecule has 3 heterocycles. The molecule has 0 amide bonds. The fourth-order valence-electron chi connectivity index (χ4n) is 4.20. The number of halogens is 3. The number of anilines is 2. The molecule has 8 heteroatoms. The minimum atomic E-state index is -0.268. The molecule has 1 aliphatic heterocycles. The van der Waals surface area contributed by atoms with Crippen molar-refractivity contribution in [2.75, 3.05) is 18.4 Å². The van der Waals surface area contributed by atoms with E-state index in [0.29, 0.717) is 21.9 Å². The largest absolute Gasteiger partial charge is 0.340 e. The summed E-state index contributed by atoms with van der Waals surface area (Å²) >= 11 is 12.2. The van der Waals surface area contributed by atoms with Crippen LogP contribution in [0.1, 0.15) is 18.9 Å². The number of benzene rings is 2. The number of piperidine rings is 1. The topological polar surface area (TPSA) is 54.8 Å². The normalized spacial score (nSPS) is 14.4. The van der Waals surface area contributed by atoms with Crippen molar-refractivity contribution in [3.05, 3.63) is 83.0 Å². The van der Waals surface area contributed by atoms with E-state index in [4.69, 9.17) is 28.2 Å². The summed E-state index contributed by atoms with van der Waals surface area (Å²) in [5, 5.41) is 7.69. The highest BCUT2D eigenvalue weighted by molar-refractivity contribution is 6.42. The molecule has 5 nitrogen and oxygen atoms in total. The highest BCUT2D eigenvalue weighted by atomic mass is 35.5. The van der Waals surface area contributed by atoms with Gasteiger partial charge in [0.1, 0.15) is 11.6 Å². The summed E-state index contributed by atoms with van der Waals surface area (Å²) in [6.07, 6.45) is 5.71. The average Bonchev–Trinajstić information content (AvgIpc) is 3.28. The first kappa shape index (κ1) is 21.9. The molecule has 2 N–H and O–H groups in total. The molecule has 0 atom stereocenters. The summed E-state index contributed by atoms with van der Waals surface area (Å²) in [6.45, 7) is 1.93. The zero-order valence-electron chi connectivity index (χ0n) is 17.7. The van der Waals surface area contributed by atoms with Crippen LogP contribution in [0.25, 0.3) is 22.5 Å². The highest BCUT2D eigenvalue weighted by Gasteiger charge is 2.22. The molecule has 1 aliphatic rings. The molecule has 5 rings (SSSR count). The van der Waals surface area contributed by atoms with Crippen molar-refractivity contribution < 1.29 is 4.39 Å². The van der Waals surface area contributed by atoms with Crippen LogP contribution in [0.15, 0.2) is 67.1 Å². The van der Waals surface area contributed by atoms with Gasteiger partial charge in [-0.1, -0.05) is 23.2 Å². The Morgan fingerprint density at radius 3 is 2.45 bits per heavy atom. The Kier molecular flexibility index (Phi) is 6.31. The summed E-state index contributed by atoms with van der Waals surface area (Å²) in [6, 6.07) is 16.1. The summed E-state index contributed by atoms with van der Waals surface area (Å²) in [4.78, 5) is 9.23. The summed E-state index contributed by atoms with van der Waals surface area (Å²) in [7, 11) is 0. The van der Waals surface area contributed by atoms with E-state index in [1.54, 1.807) is 30.5 Å². The predicted molar refractivity (Wildman–Crippen MR) is 132 cm³/mol. The van der Waals surface area contributed by atoms with Crippen LogP contribution in [0.5, 0.6) is 0 Å². The molecule has 0 radical (unpaired) electrons. The number of imidazole rings is 1. The lowest BCUT2D eigenvalue weighted by molar-refractivity contribution is 0.370. The van der Waals surface area contributed by atoms with Gasteiger partial charge in [0.05, 0.1) is 27.8 Å². The van der Waals surface area contributed by atoms with Crippen molar-refractivity contribution in [2.24, 2.45) is 0 Å². The van der Waals surface area contributed by atoms with E-state index in [9.17, 15) is 4.39 Å². The lowest BCUT2D eigenvalue weighted by Gasteiger charge is -2.26. The Morgan fingerprint density at radius 1 is 0.909 bits per heavy atom. The minimum absolute atomic E-state index is 0.268. The molecular weight excluding hydrogens is 460 g/mol. The van der Waals surface area contributed by atoms with Crippen LogP contribution in [0.4, 0.5) is 15.9 Å². The van der Waals surface area contributed by atoms with Gasteiger partial charge in [0.2, 0.25) is 0 Å². The quantitative estimate of drug-likeness (QED) is 0.331. The molecule has 0 bridgehead atoms. The molecule has 33 heavy (non-hydrogen) atoms. The van der Waals surface area contributed by atoms with Crippen LogP contribution in [0, 0.1) is 5.82 Å². The molecule has 2 aromatic carbocycles. The van der Waals surface area contributed by atoms with E-state index >= 15 is 0 Å². The van der Waals surface area contributed by atoms with Gasteiger partial charge in [0, 0.05) is 29.1 Å². The van der Waals surface area contributed by atoms with Crippen molar-refractivity contribution in [1.29, 1.82) is 0 Å². The summed E-state index contributed by atoms with van der Waals surface area (Å²) in [5.74, 6) is 0.407. The third-order valence-corrected chi connectivity index (χ3v) is 6.58. The SMILES string of the molecule is Fc1ccc(-c2ncn(C3CCNCC3)c2-c2ccnc(Nc3ccc(Cl)c(Cl)c3)c2)cc1. The minimum Gasteiger partial charge on any atom is -0.340 e. The summed E-state index contributed by atoms with van der Waals surface area (Å²) < 4.78 is 15.8. The second-order valence-electron chi connectivity index (χ2n) is 8.02. The van der Waals surface area contributed by atoms with Gasteiger partial charge in [0.25, 0.3) is 0 Å². The van der Waals surface area contributed by atoms with Crippen molar-refractivity contribution in [2.45, 2.75) is 18.9 Å². The molecule has 4 aromatic rings. The van der Waals surface area contributed by atoms with Gasteiger partial charge < -0.3 is 15.2 Å². The number of hydrogen-bond donors (Lipinski definition) is 2. The third-order valence-electron chi connectivity index (χ3n) is 5.84. The Bertz CT molecular complexity index is 1270. The maximum atomic E-state index is 13.6. The number of rotatable bonds is 5. The predicted octanol–water partition coefficient (Wildman–Crippen LogP) is 6.73. The molecular formula is C25H22Cl2FN5. The summed E-state index contributed by atoms with van der Waals surface area (Å²) in [5.41, 5.74) is 4.45. The van der Waals surface area contributed by atoms with Gasteiger partial charge in [0.15, 0.2) is 0 Å². The van der Waals surface area contributed by atoms with Crippen molar-refractivity contribution in [3.8, 4) is 22.5 Å². The lowest BCUT2D eigenvalue weighted by Crippen LogP contribution is -2.29. The maximum absolute atomic E-state index is 13.6. The number of hydrogen-bond acceptors (Lipinski definition) is 4. The van der Waals surface area contributed by atoms with Gasteiger partial charge in [-0.2, -0.15) is 0 Å². The van der Waals surface area contributed by atoms with Gasteiger partial charge in [-0.15, -0.1) is 0 Å². The van der Waals surface area contributed by atoms with Crippen LogP contribution in [0.2, 0.25) is 10.0 Å². The zero-order chi connectivity index (χ0) is 22.8. The molecule has 0 spiro atoms. The molecule has 0 aliphatic carbocycles. The number of aromatic nitrogens is 3. The van der Waals surface area contributed by atoms with Crippen LogP contribution in [-0.2, 0) is 0 Å². The van der Waals surface area contributed by atoms with Crippen molar-refractivity contribution in [3.63, 3.8) is 0 Å². The van der Waals surface area contributed by atoms with Crippen LogP contribution >= 0.6 is 23.2 Å². The number of nitrogens with one attached hydrogen (secondary N) is 2. The Labute approximate surface area is 201 Å². The van der Waals surface area contributed by atoms with E-state index in [-0.39, 0.29) is 5.82 Å². The molecule has 0 saturated carbocycles. The first-order valence-corrected chi connectivity index (χ1v) is 11.6. The number of nitrogens with zero attached hydrogens (tertiary/aromatic N) is 3. The van der Waals surface area contributed by atoms with E-state index < -0.39 is 0 Å². The highest BCUT2D eigenvalue weighted by Crippen LogP contribution is 2.36. The smallest absolute Gasteiger partial charge is 0.130 e. The molecule has 168 valence electrons. The fourth-order valence-corrected chi connectivity index (χ4v) is 4.49. The first-order valence-electron chi connectivity index (χ1n) is 10.8. The van der Waals surface area contributed by atoms with E-state index in [2.05, 4.69) is 20.2 Å². The van der Waals surface area contributed by atoms with Crippen LogP contribution in [-0.4, -0.2) is 27.6 Å². The van der Waals surface area contributed by atoms with Gasteiger partial charge in [-0.05, 0) is 80.5 Å². The second kappa shape index (κ2) is 9.51. The van der Waals surface area contributed by atoms with Gasteiger partial charge >= 0.3 is 0 Å². The average molecular weight is 482 g/mol. The molecule has 2 aromatic heterocycles. The van der Waals surface area contributed by atoms with Crippen LogP contribution < -0.4 is 10.6 Å². The Hall–Kier alpha value is -2.93. The van der Waals surface area contributed by atoms with E-state index in [1.807, 2.05) is 24.5 Å². The Balaban J connectivity index is 1.56. The Morgan fingerprint density at radius 2 is 1.70 bits per heavy atom. The van der Waals surface area contributed by atoms with Crippen molar-refractivity contribution >= 4 is 34.7 Å². The lowest BCUT2D eigenvalue weighted by atomic mass is 10.0. The first-order chi connectivity index (χ1) is 16.1. The van der Waals surface area contributed by atoms with E-state index in [0.717, 1.165) is 54.1 Å². The number of pyridine rings is 1. The maximum Gasteiger partial charge on any atom is 0.130 e. The van der Waals surface area contributed by atoms with E-state index in [1.165, 1.54) is 12.1 Å². The monoisotopic (exact) mass is 481 g/mol. The molecule has 0 unspecified atom stereocenters. The zero-order valence-corrected chi connectivity index (χ0v) is 19.2. The third kappa shape index (κ3) is 4.74.